The molecule has 0 fully saturated rings. The maximum absolute atomic E-state index is 13.6. The van der Waals surface area contributed by atoms with E-state index in [2.05, 4.69) is 91.2 Å². The molecule has 1 aliphatic carbocycles. The van der Waals surface area contributed by atoms with E-state index in [0.717, 1.165) is 60.9 Å². The number of fused-ring (bicyclic) bond motifs is 8. The lowest BCUT2D eigenvalue weighted by Crippen LogP contribution is -2.31. The Morgan fingerprint density at radius 2 is 1.32 bits per heavy atom. The number of hydrogen-bond donors (Lipinski definition) is 0. The summed E-state index contributed by atoms with van der Waals surface area (Å²) < 4.78 is 15.5. The quantitative estimate of drug-likeness (QED) is 0.208. The molecular formula is C40H27NO3. The number of aromatic nitrogens is 1. The van der Waals surface area contributed by atoms with Gasteiger partial charge in [0.2, 0.25) is 0 Å². The summed E-state index contributed by atoms with van der Waals surface area (Å²) in [5.41, 5.74) is 8.50. The molecule has 0 bridgehead atoms. The number of carbonyl (C=O) groups is 1. The van der Waals surface area contributed by atoms with Gasteiger partial charge in [-0.3, -0.25) is 4.79 Å². The molecule has 1 aromatic heterocycles. The van der Waals surface area contributed by atoms with E-state index in [1.807, 2.05) is 54.6 Å². The van der Waals surface area contributed by atoms with Crippen LogP contribution in [-0.2, 0) is 5.41 Å². The van der Waals surface area contributed by atoms with Gasteiger partial charge in [-0.05, 0) is 64.7 Å². The summed E-state index contributed by atoms with van der Waals surface area (Å²) in [5, 5.41) is 2.11. The zero-order valence-electron chi connectivity index (χ0n) is 24.3. The predicted octanol–water partition coefficient (Wildman–Crippen LogP) is 10.2. The fourth-order valence-corrected chi connectivity index (χ4v) is 7.28. The molecule has 0 unspecified atom stereocenters. The smallest absolute Gasteiger partial charge is 0.193 e. The largest absolute Gasteiger partial charge is 0.449 e. The van der Waals surface area contributed by atoms with E-state index in [1.54, 1.807) is 0 Å². The highest BCUT2D eigenvalue weighted by molar-refractivity contribution is 6.15. The zero-order valence-corrected chi connectivity index (χ0v) is 24.3. The molecule has 44 heavy (non-hydrogen) atoms. The lowest BCUT2D eigenvalue weighted by Gasteiger charge is -2.36. The molecule has 0 atom stereocenters. The molecule has 0 saturated heterocycles. The molecule has 0 amide bonds. The van der Waals surface area contributed by atoms with Gasteiger partial charge < -0.3 is 14.0 Å². The molecule has 6 aromatic carbocycles. The van der Waals surface area contributed by atoms with Crippen molar-refractivity contribution in [2.24, 2.45) is 0 Å². The average molecular weight is 570 g/mol. The van der Waals surface area contributed by atoms with Crippen LogP contribution in [0.5, 0.6) is 23.0 Å². The number of benzene rings is 6. The van der Waals surface area contributed by atoms with E-state index in [-0.39, 0.29) is 11.2 Å². The van der Waals surface area contributed by atoms with Crippen molar-refractivity contribution >= 4 is 27.6 Å². The average Bonchev–Trinajstić information content (AvgIpc) is 3.41. The van der Waals surface area contributed by atoms with Crippen molar-refractivity contribution in [3.63, 3.8) is 0 Å². The molecule has 1 aliphatic heterocycles. The first-order valence-electron chi connectivity index (χ1n) is 14.9. The highest BCUT2D eigenvalue weighted by atomic mass is 16.6. The van der Waals surface area contributed by atoms with E-state index in [0.29, 0.717) is 23.0 Å². The first-order valence-corrected chi connectivity index (χ1v) is 14.9. The SMILES string of the molecule is CC1(C)c2ccccc2C(=O)c2cccc(-c3ccc4c(c3)Oc3c(ccc5c3c3ccccc3n5-c3ccccc3)O4)c21. The van der Waals surface area contributed by atoms with Crippen LogP contribution in [0.2, 0.25) is 0 Å². The van der Waals surface area contributed by atoms with Crippen LogP contribution >= 0.6 is 0 Å². The Hall–Kier alpha value is -5.61. The maximum atomic E-state index is 13.6. The number of nitrogens with zero attached hydrogens (tertiary/aromatic N) is 1. The Labute approximate surface area is 254 Å². The maximum Gasteiger partial charge on any atom is 0.193 e. The molecule has 0 spiro atoms. The summed E-state index contributed by atoms with van der Waals surface area (Å²) >= 11 is 0. The minimum Gasteiger partial charge on any atom is -0.449 e. The second-order valence-electron chi connectivity index (χ2n) is 12.1. The molecular weight excluding hydrogens is 542 g/mol. The molecule has 2 aliphatic rings. The first-order chi connectivity index (χ1) is 21.5. The Bertz CT molecular complexity index is 2330. The van der Waals surface area contributed by atoms with E-state index in [4.69, 9.17) is 9.47 Å². The Balaban J connectivity index is 1.21. The van der Waals surface area contributed by atoms with Crippen molar-refractivity contribution in [1.29, 1.82) is 0 Å². The third-order valence-corrected chi connectivity index (χ3v) is 9.23. The summed E-state index contributed by atoms with van der Waals surface area (Å²) in [4.78, 5) is 13.6. The molecule has 210 valence electrons. The van der Waals surface area contributed by atoms with E-state index >= 15 is 0 Å². The van der Waals surface area contributed by atoms with Gasteiger partial charge in [0.15, 0.2) is 28.8 Å². The molecule has 4 heteroatoms. The van der Waals surface area contributed by atoms with Gasteiger partial charge in [-0.2, -0.15) is 0 Å². The van der Waals surface area contributed by atoms with Crippen LogP contribution in [0.25, 0.3) is 38.6 Å². The van der Waals surface area contributed by atoms with Gasteiger partial charge in [-0.1, -0.05) is 98.8 Å². The second-order valence-corrected chi connectivity index (χ2v) is 12.1. The summed E-state index contributed by atoms with van der Waals surface area (Å²) in [5.74, 6) is 2.78. The van der Waals surface area contributed by atoms with Crippen molar-refractivity contribution in [3.05, 3.63) is 150 Å². The van der Waals surface area contributed by atoms with Gasteiger partial charge in [0.25, 0.3) is 0 Å². The standard InChI is InChI=1S/C40H27NO3/c1-40(2)30-17-8-6-13-27(30)38(42)29-16-10-15-26(37(29)40)24-19-21-33-35(23-24)44-39-34(43-33)22-20-32-36(39)28-14-7-9-18-31(28)41(32)25-11-4-3-5-12-25/h3-23H,1-2H3. The monoisotopic (exact) mass is 569 g/mol. The van der Waals surface area contributed by atoms with Gasteiger partial charge in [-0.15, -0.1) is 0 Å². The molecule has 0 saturated carbocycles. The second kappa shape index (κ2) is 8.95. The third-order valence-electron chi connectivity index (χ3n) is 9.23. The molecule has 0 N–H and O–H groups in total. The number of para-hydroxylation sites is 2. The van der Waals surface area contributed by atoms with Crippen molar-refractivity contribution in [3.8, 4) is 39.8 Å². The lowest BCUT2D eigenvalue weighted by atomic mass is 9.66. The van der Waals surface area contributed by atoms with Crippen molar-refractivity contribution < 1.29 is 14.3 Å². The van der Waals surface area contributed by atoms with Crippen LogP contribution < -0.4 is 9.47 Å². The molecule has 4 nitrogen and oxygen atoms in total. The van der Waals surface area contributed by atoms with Crippen LogP contribution in [0.3, 0.4) is 0 Å². The number of rotatable bonds is 2. The molecule has 7 aromatic rings. The number of hydrogen-bond acceptors (Lipinski definition) is 3. The van der Waals surface area contributed by atoms with Gasteiger partial charge in [0, 0.05) is 27.6 Å². The minimum atomic E-state index is -0.359. The van der Waals surface area contributed by atoms with Crippen LogP contribution in [-0.4, -0.2) is 10.4 Å². The van der Waals surface area contributed by atoms with Crippen molar-refractivity contribution in [1.82, 2.24) is 4.57 Å². The topological polar surface area (TPSA) is 40.5 Å². The number of ether oxygens (including phenoxy) is 2. The highest BCUT2D eigenvalue weighted by Gasteiger charge is 2.38. The number of carbonyl (C=O) groups excluding carboxylic acids is 1. The van der Waals surface area contributed by atoms with Crippen LogP contribution in [0.4, 0.5) is 0 Å². The lowest BCUT2D eigenvalue weighted by molar-refractivity contribution is 0.103. The molecule has 2 heterocycles. The Morgan fingerprint density at radius 3 is 2.20 bits per heavy atom. The molecule has 9 rings (SSSR count). The highest BCUT2D eigenvalue weighted by Crippen LogP contribution is 2.53. The summed E-state index contributed by atoms with van der Waals surface area (Å²) in [6.07, 6.45) is 0. The van der Waals surface area contributed by atoms with E-state index < -0.39 is 0 Å². The van der Waals surface area contributed by atoms with Gasteiger partial charge in [-0.25, -0.2) is 0 Å². The van der Waals surface area contributed by atoms with Crippen molar-refractivity contribution in [2.45, 2.75) is 19.3 Å². The summed E-state index contributed by atoms with van der Waals surface area (Å²) in [6.45, 7) is 4.40. The van der Waals surface area contributed by atoms with Crippen LogP contribution in [0, 0.1) is 0 Å². The van der Waals surface area contributed by atoms with Gasteiger partial charge >= 0.3 is 0 Å². The summed E-state index contributed by atoms with van der Waals surface area (Å²) in [6, 6.07) is 43.0. The predicted molar refractivity (Wildman–Crippen MR) is 175 cm³/mol. The zero-order chi connectivity index (χ0) is 29.6. The Morgan fingerprint density at radius 1 is 0.591 bits per heavy atom. The van der Waals surface area contributed by atoms with Gasteiger partial charge in [0.05, 0.1) is 16.4 Å². The normalized spacial score (nSPS) is 14.3. The van der Waals surface area contributed by atoms with Crippen LogP contribution in [0.1, 0.15) is 40.9 Å². The minimum absolute atomic E-state index is 0.0699. The van der Waals surface area contributed by atoms with Gasteiger partial charge in [0.1, 0.15) is 0 Å². The fraction of sp³-hybridized carbons (Fsp3) is 0.0750. The third kappa shape index (κ3) is 3.36. The fourth-order valence-electron chi connectivity index (χ4n) is 7.28. The van der Waals surface area contributed by atoms with E-state index in [1.165, 1.54) is 0 Å². The Kier molecular flexibility index (Phi) is 5.07. The first kappa shape index (κ1) is 24.9. The van der Waals surface area contributed by atoms with Crippen LogP contribution in [0.15, 0.2) is 127 Å². The van der Waals surface area contributed by atoms with Crippen molar-refractivity contribution in [2.75, 3.05) is 0 Å². The molecule has 0 radical (unpaired) electrons. The van der Waals surface area contributed by atoms with E-state index in [9.17, 15) is 4.79 Å². The number of ketones is 1. The summed E-state index contributed by atoms with van der Waals surface area (Å²) in [7, 11) is 0.